The fraction of sp³-hybridized carbons (Fsp3) is 0.462. The van der Waals surface area contributed by atoms with Gasteiger partial charge in [-0.2, -0.15) is 0 Å². The van der Waals surface area contributed by atoms with Crippen LogP contribution < -0.4 is 5.32 Å². The van der Waals surface area contributed by atoms with Gasteiger partial charge in [0.05, 0.1) is 17.7 Å². The van der Waals surface area contributed by atoms with Gasteiger partial charge in [0.15, 0.2) is 0 Å². The molecule has 1 heterocycles. The molecule has 1 saturated heterocycles. The highest BCUT2D eigenvalue weighted by atomic mass is 127. The molecule has 2 atom stereocenters. The third-order valence-corrected chi connectivity index (χ3v) is 4.18. The van der Waals surface area contributed by atoms with Crippen LogP contribution in [0.3, 0.4) is 0 Å². The lowest BCUT2D eigenvalue weighted by Gasteiger charge is -2.20. The number of halogens is 2. The van der Waals surface area contributed by atoms with E-state index in [9.17, 15) is 4.79 Å². The molecule has 0 spiro atoms. The van der Waals surface area contributed by atoms with Gasteiger partial charge in [-0.25, -0.2) is 0 Å². The summed E-state index contributed by atoms with van der Waals surface area (Å²) in [6, 6.07) is 5.30. The van der Waals surface area contributed by atoms with Crippen LogP contribution in [0.4, 0.5) is 0 Å². The van der Waals surface area contributed by atoms with Crippen molar-refractivity contribution in [3.63, 3.8) is 0 Å². The standard InChI is InChI=1S/C13H15ClINO2/c1-8(12-3-2-6-18-12)16-13(17)10-5-4-9(14)7-11(10)15/h4-5,7-8,12H,2-3,6H2,1H3,(H,16,17)/t8-,12-/m0/s1. The van der Waals surface area contributed by atoms with Crippen LogP contribution in [0.25, 0.3) is 0 Å². The van der Waals surface area contributed by atoms with E-state index in [-0.39, 0.29) is 18.1 Å². The number of hydrogen-bond acceptors (Lipinski definition) is 2. The maximum atomic E-state index is 12.1. The monoisotopic (exact) mass is 379 g/mol. The maximum Gasteiger partial charge on any atom is 0.252 e. The van der Waals surface area contributed by atoms with Crippen molar-refractivity contribution >= 4 is 40.1 Å². The SMILES string of the molecule is C[C@H](NC(=O)c1ccc(Cl)cc1I)[C@@H]1CCCO1. The summed E-state index contributed by atoms with van der Waals surface area (Å²) >= 11 is 7.99. The van der Waals surface area contributed by atoms with Gasteiger partial charge in [-0.15, -0.1) is 0 Å². The molecule has 1 fully saturated rings. The van der Waals surface area contributed by atoms with Crippen LogP contribution in [0.15, 0.2) is 18.2 Å². The molecule has 1 aliphatic rings. The number of amides is 1. The van der Waals surface area contributed by atoms with Gasteiger partial charge in [0.2, 0.25) is 0 Å². The molecule has 1 aromatic rings. The first-order valence-corrected chi connectivity index (χ1v) is 7.41. The van der Waals surface area contributed by atoms with E-state index in [0.29, 0.717) is 10.6 Å². The highest BCUT2D eigenvalue weighted by Gasteiger charge is 2.24. The molecule has 1 N–H and O–H groups in total. The Balaban J connectivity index is 2.02. The molecule has 0 unspecified atom stereocenters. The second-order valence-electron chi connectivity index (χ2n) is 4.44. The number of carbonyl (C=O) groups is 1. The van der Waals surface area contributed by atoms with Crippen molar-refractivity contribution in [1.82, 2.24) is 5.32 Å². The van der Waals surface area contributed by atoms with E-state index in [1.54, 1.807) is 18.2 Å². The van der Waals surface area contributed by atoms with Crippen LogP contribution in [-0.2, 0) is 4.74 Å². The van der Waals surface area contributed by atoms with Gasteiger partial charge in [-0.1, -0.05) is 11.6 Å². The van der Waals surface area contributed by atoms with Crippen molar-refractivity contribution in [2.45, 2.75) is 31.9 Å². The van der Waals surface area contributed by atoms with Gasteiger partial charge in [0, 0.05) is 15.2 Å². The molecule has 5 heteroatoms. The van der Waals surface area contributed by atoms with Gasteiger partial charge < -0.3 is 10.1 Å². The first-order valence-electron chi connectivity index (χ1n) is 5.95. The number of carbonyl (C=O) groups excluding carboxylic acids is 1. The van der Waals surface area contributed by atoms with E-state index >= 15 is 0 Å². The van der Waals surface area contributed by atoms with Crippen molar-refractivity contribution in [2.24, 2.45) is 0 Å². The van der Waals surface area contributed by atoms with Gasteiger partial charge >= 0.3 is 0 Å². The smallest absolute Gasteiger partial charge is 0.252 e. The molecule has 0 saturated carbocycles. The number of ether oxygens (including phenoxy) is 1. The Hall–Kier alpha value is -0.330. The molecular weight excluding hydrogens is 365 g/mol. The molecule has 3 nitrogen and oxygen atoms in total. The normalized spacial score (nSPS) is 20.7. The summed E-state index contributed by atoms with van der Waals surface area (Å²) in [4.78, 5) is 12.1. The van der Waals surface area contributed by atoms with Crippen molar-refractivity contribution < 1.29 is 9.53 Å². The first-order chi connectivity index (χ1) is 8.58. The summed E-state index contributed by atoms with van der Waals surface area (Å²) in [7, 11) is 0. The lowest BCUT2D eigenvalue weighted by atomic mass is 10.1. The van der Waals surface area contributed by atoms with Crippen LogP contribution in [-0.4, -0.2) is 24.7 Å². The zero-order chi connectivity index (χ0) is 13.1. The van der Waals surface area contributed by atoms with Gasteiger partial charge in [0.25, 0.3) is 5.91 Å². The molecule has 0 aromatic heterocycles. The Bertz CT molecular complexity index is 447. The number of benzene rings is 1. The molecule has 2 rings (SSSR count). The van der Waals surface area contributed by atoms with Gasteiger partial charge in [-0.05, 0) is 60.6 Å². The Morgan fingerprint density at radius 2 is 2.39 bits per heavy atom. The zero-order valence-corrected chi connectivity index (χ0v) is 13.0. The first kappa shape index (κ1) is 14.1. The Morgan fingerprint density at radius 3 is 3.00 bits per heavy atom. The molecule has 1 aromatic carbocycles. The Morgan fingerprint density at radius 1 is 1.61 bits per heavy atom. The van der Waals surface area contributed by atoms with E-state index in [1.807, 2.05) is 6.92 Å². The van der Waals surface area contributed by atoms with Crippen molar-refractivity contribution in [3.05, 3.63) is 32.4 Å². The third-order valence-electron chi connectivity index (χ3n) is 3.06. The third kappa shape index (κ3) is 3.36. The molecule has 0 bridgehead atoms. The quantitative estimate of drug-likeness (QED) is 0.819. The fourth-order valence-electron chi connectivity index (χ4n) is 2.05. The van der Waals surface area contributed by atoms with Gasteiger partial charge in [-0.3, -0.25) is 4.79 Å². The van der Waals surface area contributed by atoms with Crippen LogP contribution >= 0.6 is 34.2 Å². The predicted molar refractivity (Wildman–Crippen MR) is 80.1 cm³/mol. The second kappa shape index (κ2) is 6.21. The number of nitrogens with one attached hydrogen (secondary N) is 1. The van der Waals surface area contributed by atoms with Gasteiger partial charge in [0.1, 0.15) is 0 Å². The Kier molecular flexibility index (Phi) is 4.86. The van der Waals surface area contributed by atoms with Crippen LogP contribution in [0.5, 0.6) is 0 Å². The molecule has 0 radical (unpaired) electrons. The lowest BCUT2D eigenvalue weighted by molar-refractivity contribution is 0.0712. The van der Waals surface area contributed by atoms with E-state index < -0.39 is 0 Å². The summed E-state index contributed by atoms with van der Waals surface area (Å²) in [6.07, 6.45) is 2.22. The lowest BCUT2D eigenvalue weighted by Crippen LogP contribution is -2.41. The minimum absolute atomic E-state index is 0.0338. The molecule has 1 aliphatic heterocycles. The highest BCUT2D eigenvalue weighted by Crippen LogP contribution is 2.19. The molecule has 18 heavy (non-hydrogen) atoms. The second-order valence-corrected chi connectivity index (χ2v) is 6.04. The van der Waals surface area contributed by atoms with Crippen molar-refractivity contribution in [2.75, 3.05) is 6.61 Å². The Labute approximate surface area is 125 Å². The van der Waals surface area contributed by atoms with E-state index in [0.717, 1.165) is 23.0 Å². The number of hydrogen-bond donors (Lipinski definition) is 1. The van der Waals surface area contributed by atoms with E-state index in [4.69, 9.17) is 16.3 Å². The number of rotatable bonds is 3. The minimum atomic E-state index is -0.0703. The molecule has 98 valence electrons. The summed E-state index contributed by atoms with van der Waals surface area (Å²) in [5.74, 6) is -0.0703. The summed E-state index contributed by atoms with van der Waals surface area (Å²) in [5.41, 5.74) is 0.657. The fourth-order valence-corrected chi connectivity index (χ4v) is 3.16. The zero-order valence-electron chi connectivity index (χ0n) is 10.1. The summed E-state index contributed by atoms with van der Waals surface area (Å²) < 4.78 is 6.42. The maximum absolute atomic E-state index is 12.1. The largest absolute Gasteiger partial charge is 0.376 e. The highest BCUT2D eigenvalue weighted by molar-refractivity contribution is 14.1. The van der Waals surface area contributed by atoms with E-state index in [1.165, 1.54) is 0 Å². The van der Waals surface area contributed by atoms with Crippen LogP contribution in [0, 0.1) is 3.57 Å². The minimum Gasteiger partial charge on any atom is -0.376 e. The summed E-state index contributed by atoms with van der Waals surface area (Å²) in [5, 5.41) is 3.63. The molecular formula is C13H15ClINO2. The van der Waals surface area contributed by atoms with E-state index in [2.05, 4.69) is 27.9 Å². The van der Waals surface area contributed by atoms with Crippen LogP contribution in [0.2, 0.25) is 5.02 Å². The molecule has 0 aliphatic carbocycles. The topological polar surface area (TPSA) is 38.3 Å². The predicted octanol–water partition coefficient (Wildman–Crippen LogP) is 3.24. The molecule has 1 amide bonds. The van der Waals surface area contributed by atoms with Crippen LogP contribution in [0.1, 0.15) is 30.1 Å². The average Bonchev–Trinajstić information content (AvgIpc) is 2.81. The van der Waals surface area contributed by atoms with Crippen molar-refractivity contribution in [3.8, 4) is 0 Å². The summed E-state index contributed by atoms with van der Waals surface area (Å²) in [6.45, 7) is 2.78. The van der Waals surface area contributed by atoms with Crippen molar-refractivity contribution in [1.29, 1.82) is 0 Å². The average molecular weight is 380 g/mol.